The van der Waals surface area contributed by atoms with Gasteiger partial charge >= 0.3 is 6.09 Å². The van der Waals surface area contributed by atoms with Crippen LogP contribution in [0.3, 0.4) is 0 Å². The van der Waals surface area contributed by atoms with E-state index < -0.39 is 17.5 Å². The Labute approximate surface area is 238 Å². The summed E-state index contributed by atoms with van der Waals surface area (Å²) in [5.41, 5.74) is 2.44. The second-order valence-electron chi connectivity index (χ2n) is 10.8. The Morgan fingerprint density at radius 2 is 1.98 bits per heavy atom. The monoisotopic (exact) mass is 562 g/mol. The van der Waals surface area contributed by atoms with Crippen molar-refractivity contribution in [3.05, 3.63) is 59.4 Å². The second kappa shape index (κ2) is 12.3. The number of nitrogens with two attached hydrogens (primary N) is 1. The molecule has 0 aliphatic carbocycles. The summed E-state index contributed by atoms with van der Waals surface area (Å²) in [6, 6.07) is 8.51. The first kappa shape index (κ1) is 29.5. The van der Waals surface area contributed by atoms with Gasteiger partial charge in [0.05, 0.1) is 29.8 Å². The van der Waals surface area contributed by atoms with E-state index in [9.17, 15) is 14.4 Å². The van der Waals surface area contributed by atoms with E-state index in [1.165, 1.54) is 12.3 Å². The predicted octanol–water partition coefficient (Wildman–Crippen LogP) is 4.79. The molecular formula is C29H35FN8O3. The highest BCUT2D eigenvalue weighted by atomic mass is 19.1. The van der Waals surface area contributed by atoms with Crippen LogP contribution in [0.4, 0.5) is 9.18 Å². The van der Waals surface area contributed by atoms with Crippen molar-refractivity contribution in [1.82, 2.24) is 19.3 Å². The number of hydrogen-bond acceptors (Lipinski definition) is 9. The molecule has 1 atom stereocenters. The predicted molar refractivity (Wildman–Crippen MR) is 152 cm³/mol. The lowest BCUT2D eigenvalue weighted by atomic mass is 10.0. The molecule has 1 fully saturated rings. The molecule has 0 saturated carbocycles. The van der Waals surface area contributed by atoms with E-state index in [1.54, 1.807) is 27.5 Å². The van der Waals surface area contributed by atoms with Gasteiger partial charge in [0.15, 0.2) is 0 Å². The maximum atomic E-state index is 13.5. The third-order valence-electron chi connectivity index (χ3n) is 6.64. The number of carbonyl (C=O) groups is 1. The lowest BCUT2D eigenvalue weighted by Gasteiger charge is -2.32. The standard InChI is InChI=1S/C29H35FN8O3/c1-6-24(23-8-7-20(30)16-33-23)40-26-14-19(13-25-34-17-22(15-31)38(25)26)27(36-32)18(2)35-21-9-11-37(12-10-21)28(39)41-29(3,4)5/h7-8,13-14,16-17,21,24H,6,9-12,32H2,1-5H3/b35-18?,36-27+. The smallest absolute Gasteiger partial charge is 0.410 e. The highest BCUT2D eigenvalue weighted by molar-refractivity contribution is 6.47. The molecule has 216 valence electrons. The van der Waals surface area contributed by atoms with Crippen molar-refractivity contribution >= 4 is 23.2 Å². The number of halogens is 1. The quantitative estimate of drug-likeness (QED) is 0.248. The first-order chi connectivity index (χ1) is 19.5. The van der Waals surface area contributed by atoms with Crippen molar-refractivity contribution in [3.63, 3.8) is 0 Å². The van der Waals surface area contributed by atoms with Gasteiger partial charge < -0.3 is 20.2 Å². The third kappa shape index (κ3) is 6.98. The van der Waals surface area contributed by atoms with Gasteiger partial charge in [-0.2, -0.15) is 10.4 Å². The number of amides is 1. The Morgan fingerprint density at radius 1 is 1.24 bits per heavy atom. The topological polar surface area (TPSA) is 143 Å². The number of nitriles is 1. The highest BCUT2D eigenvalue weighted by Gasteiger charge is 2.27. The molecule has 1 amide bonds. The van der Waals surface area contributed by atoms with Crippen molar-refractivity contribution in [2.75, 3.05) is 13.1 Å². The van der Waals surface area contributed by atoms with E-state index in [-0.39, 0.29) is 17.8 Å². The zero-order chi connectivity index (χ0) is 29.7. The molecule has 11 nitrogen and oxygen atoms in total. The summed E-state index contributed by atoms with van der Waals surface area (Å²) in [4.78, 5) is 27.6. The SMILES string of the molecule is CCC(Oc1cc(/C(=N/N)C(C)=NC2CCN(C(=O)OC(C)(C)C)CC2)cc2ncc(C#N)n12)c1ccc(F)cn1. The summed E-state index contributed by atoms with van der Waals surface area (Å²) in [6.07, 6.45) is 3.67. The summed E-state index contributed by atoms with van der Waals surface area (Å²) in [7, 11) is 0. The molecule has 4 heterocycles. The van der Waals surface area contributed by atoms with Gasteiger partial charge in [-0.15, -0.1) is 0 Å². The first-order valence-corrected chi connectivity index (χ1v) is 13.5. The molecule has 1 aliphatic rings. The van der Waals surface area contributed by atoms with Crippen LogP contribution in [-0.4, -0.2) is 61.5 Å². The molecule has 12 heteroatoms. The van der Waals surface area contributed by atoms with Gasteiger partial charge in [-0.05, 0) is 65.2 Å². The average molecular weight is 563 g/mol. The molecule has 1 aliphatic heterocycles. The Kier molecular flexibility index (Phi) is 8.86. The fourth-order valence-electron chi connectivity index (χ4n) is 4.67. The van der Waals surface area contributed by atoms with Gasteiger partial charge in [0.2, 0.25) is 5.88 Å². The van der Waals surface area contributed by atoms with E-state index in [1.807, 2.05) is 34.6 Å². The average Bonchev–Trinajstić information content (AvgIpc) is 3.35. The number of carbonyl (C=O) groups excluding carboxylic acids is 1. The van der Waals surface area contributed by atoms with Crippen LogP contribution < -0.4 is 10.6 Å². The Morgan fingerprint density at radius 3 is 2.56 bits per heavy atom. The summed E-state index contributed by atoms with van der Waals surface area (Å²) >= 11 is 0. The second-order valence-corrected chi connectivity index (χ2v) is 10.8. The number of nitrogens with zero attached hydrogens (tertiary/aromatic N) is 7. The van der Waals surface area contributed by atoms with Crippen molar-refractivity contribution in [2.45, 2.75) is 71.6 Å². The Hall–Kier alpha value is -4.53. The number of hydrazone groups is 1. The summed E-state index contributed by atoms with van der Waals surface area (Å²) in [5.74, 6) is 5.76. The number of hydrogen-bond donors (Lipinski definition) is 1. The van der Waals surface area contributed by atoms with E-state index in [0.717, 1.165) is 6.20 Å². The van der Waals surface area contributed by atoms with Gasteiger partial charge in [-0.1, -0.05) is 6.92 Å². The molecule has 41 heavy (non-hydrogen) atoms. The van der Waals surface area contributed by atoms with Crippen LogP contribution in [-0.2, 0) is 4.74 Å². The zero-order valence-corrected chi connectivity index (χ0v) is 24.0. The van der Waals surface area contributed by atoms with Crippen LogP contribution in [0.1, 0.15) is 76.9 Å². The number of aromatic nitrogens is 3. The number of imidazole rings is 1. The molecule has 4 rings (SSSR count). The highest BCUT2D eigenvalue weighted by Crippen LogP contribution is 2.28. The molecule has 0 spiro atoms. The number of likely N-dealkylation sites (tertiary alicyclic amines) is 1. The van der Waals surface area contributed by atoms with Crippen LogP contribution in [0.5, 0.6) is 5.88 Å². The van der Waals surface area contributed by atoms with Crippen LogP contribution in [0, 0.1) is 17.1 Å². The molecule has 0 radical (unpaired) electrons. The van der Waals surface area contributed by atoms with Crippen molar-refractivity contribution in [2.24, 2.45) is 15.9 Å². The molecular weight excluding hydrogens is 527 g/mol. The molecule has 0 aromatic carbocycles. The van der Waals surface area contributed by atoms with E-state index in [2.05, 4.69) is 21.1 Å². The minimum Gasteiger partial charge on any atom is -0.469 e. The van der Waals surface area contributed by atoms with Crippen molar-refractivity contribution < 1.29 is 18.7 Å². The maximum Gasteiger partial charge on any atom is 0.410 e. The van der Waals surface area contributed by atoms with Crippen LogP contribution >= 0.6 is 0 Å². The lowest BCUT2D eigenvalue weighted by molar-refractivity contribution is 0.0207. The number of rotatable bonds is 7. The summed E-state index contributed by atoms with van der Waals surface area (Å²) < 4.78 is 26.9. The first-order valence-electron chi connectivity index (χ1n) is 13.5. The number of piperidine rings is 1. The minimum absolute atomic E-state index is 0.0180. The summed E-state index contributed by atoms with van der Waals surface area (Å²) in [6.45, 7) is 10.4. The van der Waals surface area contributed by atoms with Gasteiger partial charge in [-0.3, -0.25) is 14.4 Å². The van der Waals surface area contributed by atoms with Gasteiger partial charge in [0, 0.05) is 24.7 Å². The van der Waals surface area contributed by atoms with E-state index in [4.69, 9.17) is 20.3 Å². The van der Waals surface area contributed by atoms with Crippen molar-refractivity contribution in [3.8, 4) is 11.9 Å². The Bertz CT molecular complexity index is 1490. The largest absolute Gasteiger partial charge is 0.469 e. The minimum atomic E-state index is -0.547. The molecule has 3 aromatic rings. The molecule has 2 N–H and O–H groups in total. The van der Waals surface area contributed by atoms with Gasteiger partial charge in [0.25, 0.3) is 0 Å². The number of aliphatic imine (C=N–C) groups is 1. The fraction of sp³-hybridized carbons (Fsp3) is 0.448. The third-order valence-corrected chi connectivity index (χ3v) is 6.64. The van der Waals surface area contributed by atoms with Crippen LogP contribution in [0.25, 0.3) is 5.65 Å². The number of ether oxygens (including phenoxy) is 2. The van der Waals surface area contributed by atoms with Crippen LogP contribution in [0.15, 0.2) is 46.8 Å². The fourth-order valence-corrected chi connectivity index (χ4v) is 4.67. The molecule has 3 aromatic heterocycles. The van der Waals surface area contributed by atoms with E-state index >= 15 is 0 Å². The molecule has 0 bridgehead atoms. The number of fused-ring (bicyclic) bond motifs is 1. The zero-order valence-electron chi connectivity index (χ0n) is 24.0. The Balaban J connectivity index is 1.59. The lowest BCUT2D eigenvalue weighted by Crippen LogP contribution is -2.42. The molecule has 1 unspecified atom stereocenters. The van der Waals surface area contributed by atoms with Gasteiger partial charge in [0.1, 0.15) is 40.6 Å². The molecule has 1 saturated heterocycles. The summed E-state index contributed by atoms with van der Waals surface area (Å²) in [5, 5.41) is 13.7. The maximum absolute atomic E-state index is 13.5. The number of pyridine rings is 2. The van der Waals surface area contributed by atoms with Crippen molar-refractivity contribution in [1.29, 1.82) is 5.26 Å². The van der Waals surface area contributed by atoms with Gasteiger partial charge in [-0.25, -0.2) is 14.2 Å². The normalized spacial score (nSPS) is 16.0. The van der Waals surface area contributed by atoms with E-state index in [0.29, 0.717) is 66.6 Å². The van der Waals surface area contributed by atoms with Crippen LogP contribution in [0.2, 0.25) is 0 Å².